The van der Waals surface area contributed by atoms with E-state index in [2.05, 4.69) is 10.3 Å². The minimum absolute atomic E-state index is 0.132. The summed E-state index contributed by atoms with van der Waals surface area (Å²) in [6.07, 6.45) is 4.41. The van der Waals surface area contributed by atoms with E-state index in [9.17, 15) is 13.5 Å². The van der Waals surface area contributed by atoms with Crippen LogP contribution < -0.4 is 5.32 Å². The molecule has 0 saturated carbocycles. The van der Waals surface area contributed by atoms with Gasteiger partial charge in [0.15, 0.2) is 15.8 Å². The molecule has 1 saturated heterocycles. The number of nitrogens with one attached hydrogen (secondary N) is 1. The maximum absolute atomic E-state index is 12.2. The van der Waals surface area contributed by atoms with Crippen molar-refractivity contribution in [3.8, 4) is 5.75 Å². The van der Waals surface area contributed by atoms with Gasteiger partial charge in [0.05, 0.1) is 10.5 Å². The van der Waals surface area contributed by atoms with Gasteiger partial charge < -0.3 is 15.3 Å². The third-order valence-electron chi connectivity index (χ3n) is 5.60. The van der Waals surface area contributed by atoms with Gasteiger partial charge in [0.25, 0.3) is 0 Å². The van der Waals surface area contributed by atoms with E-state index < -0.39 is 14.6 Å². The third kappa shape index (κ3) is 3.54. The molecule has 0 unspecified atom stereocenters. The van der Waals surface area contributed by atoms with Crippen LogP contribution in [0.3, 0.4) is 0 Å². The third-order valence-corrected chi connectivity index (χ3v) is 8.14. The van der Waals surface area contributed by atoms with Gasteiger partial charge in [-0.25, -0.2) is 8.42 Å². The minimum atomic E-state index is -3.09. The van der Waals surface area contributed by atoms with Gasteiger partial charge in [0, 0.05) is 32.2 Å². The van der Waals surface area contributed by atoms with E-state index in [0.717, 1.165) is 24.8 Å². The number of fused-ring (bicyclic) bond motifs is 1. The Morgan fingerprint density at radius 3 is 2.73 bits per heavy atom. The zero-order valence-corrected chi connectivity index (χ0v) is 16.7. The second kappa shape index (κ2) is 7.10. The zero-order valence-electron chi connectivity index (χ0n) is 15.9. The van der Waals surface area contributed by atoms with E-state index in [0.29, 0.717) is 31.3 Å². The lowest BCUT2D eigenvalue weighted by atomic mass is 9.88. The summed E-state index contributed by atoms with van der Waals surface area (Å²) >= 11 is 0. The van der Waals surface area contributed by atoms with Crippen molar-refractivity contribution in [3.05, 3.63) is 28.8 Å². The Bertz CT molecular complexity index is 816. The van der Waals surface area contributed by atoms with Crippen LogP contribution in [0, 0.1) is 0 Å². The Hall–Kier alpha value is -1.76. The van der Waals surface area contributed by atoms with E-state index >= 15 is 0 Å². The summed E-state index contributed by atoms with van der Waals surface area (Å²) in [5.74, 6) is 1.13. The van der Waals surface area contributed by atoms with Crippen molar-refractivity contribution in [1.29, 1.82) is 0 Å². The summed E-state index contributed by atoms with van der Waals surface area (Å²) < 4.78 is 23.7. The van der Waals surface area contributed by atoms with E-state index in [4.69, 9.17) is 0 Å². The molecular weight excluding hydrogens is 350 g/mol. The number of nitrogens with zero attached hydrogens (tertiary/aromatic N) is 2. The molecule has 7 heteroatoms. The summed E-state index contributed by atoms with van der Waals surface area (Å²) in [6, 6.07) is 3.81. The van der Waals surface area contributed by atoms with Gasteiger partial charge >= 0.3 is 0 Å². The zero-order chi connectivity index (χ0) is 18.9. The number of benzene rings is 1. The van der Waals surface area contributed by atoms with Crippen LogP contribution in [-0.4, -0.2) is 55.0 Å². The van der Waals surface area contributed by atoms with Crippen molar-refractivity contribution in [2.75, 3.05) is 25.9 Å². The molecule has 0 radical (unpaired) electrons. The topological polar surface area (TPSA) is 82.0 Å². The Morgan fingerprint density at radius 2 is 2.04 bits per heavy atom. The highest BCUT2D eigenvalue weighted by atomic mass is 32.2. The smallest absolute Gasteiger partial charge is 0.193 e. The normalized spacial score (nSPS) is 22.0. The van der Waals surface area contributed by atoms with E-state index in [1.165, 1.54) is 17.5 Å². The standard InChI is InChI=1S/C19H29N3O3S/c1-19(2)13-22(10-11-26(19,24)25)18(20-3)21-12-16-15-7-5-4-6-14(15)8-9-17(16)23/h8-9,23H,4-7,10-13H2,1-3H3,(H,20,21). The number of phenolic OH excluding ortho intramolecular Hbond substituents is 1. The fourth-order valence-corrected chi connectivity index (χ4v) is 5.28. The number of hydrogen-bond acceptors (Lipinski definition) is 4. The van der Waals surface area contributed by atoms with Crippen LogP contribution in [0.15, 0.2) is 17.1 Å². The summed E-state index contributed by atoms with van der Waals surface area (Å²) in [7, 11) is -1.38. The van der Waals surface area contributed by atoms with Crippen LogP contribution >= 0.6 is 0 Å². The number of rotatable bonds is 2. The lowest BCUT2D eigenvalue weighted by Crippen LogP contribution is -2.57. The molecule has 0 spiro atoms. The molecule has 1 heterocycles. The summed E-state index contributed by atoms with van der Waals surface area (Å²) in [5, 5.41) is 13.7. The molecule has 0 amide bonds. The van der Waals surface area contributed by atoms with Crippen molar-refractivity contribution in [2.45, 2.75) is 50.8 Å². The highest BCUT2D eigenvalue weighted by molar-refractivity contribution is 7.92. The number of aliphatic imine (C=N–C) groups is 1. The molecule has 1 aromatic carbocycles. The van der Waals surface area contributed by atoms with Crippen LogP contribution in [0.1, 0.15) is 43.4 Å². The highest BCUT2D eigenvalue weighted by Crippen LogP contribution is 2.30. The maximum Gasteiger partial charge on any atom is 0.193 e. The first-order chi connectivity index (χ1) is 12.2. The lowest BCUT2D eigenvalue weighted by Gasteiger charge is -2.39. The number of hydrogen-bond donors (Lipinski definition) is 2. The monoisotopic (exact) mass is 379 g/mol. The van der Waals surface area contributed by atoms with E-state index in [1.54, 1.807) is 27.0 Å². The Kier molecular flexibility index (Phi) is 5.19. The highest BCUT2D eigenvalue weighted by Gasteiger charge is 2.41. The molecule has 1 fully saturated rings. The van der Waals surface area contributed by atoms with Crippen molar-refractivity contribution in [1.82, 2.24) is 10.2 Å². The number of guanidine groups is 1. The molecule has 3 rings (SSSR count). The van der Waals surface area contributed by atoms with Crippen molar-refractivity contribution >= 4 is 15.8 Å². The second-order valence-corrected chi connectivity index (χ2v) is 10.6. The molecular formula is C19H29N3O3S. The Labute approximate surface area is 156 Å². The van der Waals surface area contributed by atoms with Gasteiger partial charge in [-0.3, -0.25) is 4.99 Å². The predicted molar refractivity (Wildman–Crippen MR) is 104 cm³/mol. The van der Waals surface area contributed by atoms with Crippen LogP contribution in [0.5, 0.6) is 5.75 Å². The molecule has 2 N–H and O–H groups in total. The molecule has 1 aliphatic carbocycles. The molecule has 6 nitrogen and oxygen atoms in total. The van der Waals surface area contributed by atoms with Gasteiger partial charge in [-0.1, -0.05) is 6.07 Å². The maximum atomic E-state index is 12.2. The van der Waals surface area contributed by atoms with Crippen LogP contribution in [0.4, 0.5) is 0 Å². The quantitative estimate of drug-likeness (QED) is 0.605. The van der Waals surface area contributed by atoms with Crippen LogP contribution in [0.25, 0.3) is 0 Å². The summed E-state index contributed by atoms with van der Waals surface area (Å²) in [4.78, 5) is 6.33. The lowest BCUT2D eigenvalue weighted by molar-refractivity contribution is 0.353. The van der Waals surface area contributed by atoms with Gasteiger partial charge in [-0.05, 0) is 56.7 Å². The fraction of sp³-hybridized carbons (Fsp3) is 0.632. The van der Waals surface area contributed by atoms with Crippen molar-refractivity contribution in [3.63, 3.8) is 0 Å². The first-order valence-corrected chi connectivity index (χ1v) is 10.9. The van der Waals surface area contributed by atoms with E-state index in [-0.39, 0.29) is 5.75 Å². The largest absolute Gasteiger partial charge is 0.508 e. The Balaban J connectivity index is 1.75. The molecule has 1 aromatic rings. The molecule has 144 valence electrons. The fourth-order valence-electron chi connectivity index (χ4n) is 3.91. The van der Waals surface area contributed by atoms with Gasteiger partial charge in [0.1, 0.15) is 5.75 Å². The van der Waals surface area contributed by atoms with Gasteiger partial charge in [-0.2, -0.15) is 0 Å². The Morgan fingerprint density at radius 1 is 1.31 bits per heavy atom. The molecule has 0 atom stereocenters. The number of phenols is 1. The summed E-state index contributed by atoms with van der Waals surface area (Å²) in [5.41, 5.74) is 3.51. The summed E-state index contributed by atoms with van der Waals surface area (Å²) in [6.45, 7) is 4.87. The molecule has 1 aliphatic heterocycles. The molecule has 0 aromatic heterocycles. The van der Waals surface area contributed by atoms with Gasteiger partial charge in [0.2, 0.25) is 0 Å². The first kappa shape index (κ1) is 19.0. The molecule has 2 aliphatic rings. The first-order valence-electron chi connectivity index (χ1n) is 9.26. The van der Waals surface area contributed by atoms with Gasteiger partial charge in [-0.15, -0.1) is 0 Å². The number of aryl methyl sites for hydroxylation is 1. The van der Waals surface area contributed by atoms with Crippen molar-refractivity contribution in [2.24, 2.45) is 4.99 Å². The minimum Gasteiger partial charge on any atom is -0.508 e. The van der Waals surface area contributed by atoms with Crippen LogP contribution in [-0.2, 0) is 29.2 Å². The SMILES string of the molecule is CN=C(NCc1c(O)ccc2c1CCCC2)N1CCS(=O)(=O)C(C)(C)C1. The van der Waals surface area contributed by atoms with Crippen molar-refractivity contribution < 1.29 is 13.5 Å². The molecule has 0 bridgehead atoms. The molecule has 26 heavy (non-hydrogen) atoms. The predicted octanol–water partition coefficient (Wildman–Crippen LogP) is 1.86. The average Bonchev–Trinajstić information content (AvgIpc) is 2.60. The average molecular weight is 380 g/mol. The second-order valence-electron chi connectivity index (χ2n) is 7.81. The number of aromatic hydroxyl groups is 1. The van der Waals surface area contributed by atoms with E-state index in [1.807, 2.05) is 11.0 Å². The van der Waals surface area contributed by atoms with Crippen LogP contribution in [0.2, 0.25) is 0 Å². The number of sulfone groups is 1.